The molecule has 1 aliphatic rings. The number of anilines is 2. The second-order valence-corrected chi connectivity index (χ2v) is 4.83. The van der Waals surface area contributed by atoms with Crippen molar-refractivity contribution in [2.45, 2.75) is 19.5 Å². The van der Waals surface area contributed by atoms with Gasteiger partial charge in [-0.1, -0.05) is 6.07 Å². The Morgan fingerprint density at radius 3 is 2.95 bits per heavy atom. The average Bonchev–Trinajstić information content (AvgIpc) is 3.05. The first kappa shape index (κ1) is 12.7. The SMILES string of the molecule is CCN(Cc1ccco1)c1ccc2c(c1)NC(=O)C2N. The van der Waals surface area contributed by atoms with Crippen LogP contribution in [0.15, 0.2) is 41.0 Å². The van der Waals surface area contributed by atoms with Crippen LogP contribution in [0.4, 0.5) is 11.4 Å². The van der Waals surface area contributed by atoms with E-state index in [0.29, 0.717) is 6.54 Å². The first-order valence-electron chi connectivity index (χ1n) is 6.66. The van der Waals surface area contributed by atoms with Gasteiger partial charge in [-0.2, -0.15) is 0 Å². The highest BCUT2D eigenvalue weighted by molar-refractivity contribution is 6.02. The van der Waals surface area contributed by atoms with Crippen molar-refractivity contribution in [1.82, 2.24) is 0 Å². The predicted octanol–water partition coefficient (Wildman–Crippen LogP) is 2.26. The number of carbonyl (C=O) groups is 1. The molecule has 3 N–H and O–H groups in total. The topological polar surface area (TPSA) is 71.5 Å². The molecule has 2 aromatic rings. The van der Waals surface area contributed by atoms with Crippen molar-refractivity contribution in [1.29, 1.82) is 0 Å². The number of rotatable bonds is 4. The second-order valence-electron chi connectivity index (χ2n) is 4.83. The molecule has 0 spiro atoms. The highest BCUT2D eigenvalue weighted by Crippen LogP contribution is 2.33. The Bertz CT molecular complexity index is 622. The molecule has 5 nitrogen and oxygen atoms in total. The van der Waals surface area contributed by atoms with Gasteiger partial charge in [0.05, 0.1) is 12.8 Å². The molecule has 104 valence electrons. The summed E-state index contributed by atoms with van der Waals surface area (Å²) >= 11 is 0. The lowest BCUT2D eigenvalue weighted by molar-refractivity contribution is -0.116. The van der Waals surface area contributed by atoms with Crippen molar-refractivity contribution in [3.05, 3.63) is 47.9 Å². The van der Waals surface area contributed by atoms with Gasteiger partial charge in [0, 0.05) is 23.5 Å². The van der Waals surface area contributed by atoms with E-state index < -0.39 is 6.04 Å². The maximum atomic E-state index is 11.6. The third-order valence-electron chi connectivity index (χ3n) is 3.59. The Balaban J connectivity index is 1.86. The fraction of sp³-hybridized carbons (Fsp3) is 0.267. The molecule has 20 heavy (non-hydrogen) atoms. The zero-order chi connectivity index (χ0) is 14.1. The van der Waals surface area contributed by atoms with Crippen LogP contribution in [0, 0.1) is 0 Å². The summed E-state index contributed by atoms with van der Waals surface area (Å²) in [6, 6.07) is 9.15. The van der Waals surface area contributed by atoms with Crippen LogP contribution in [0.1, 0.15) is 24.3 Å². The minimum Gasteiger partial charge on any atom is -0.467 e. The van der Waals surface area contributed by atoms with Crippen LogP contribution < -0.4 is 16.0 Å². The quantitative estimate of drug-likeness (QED) is 0.894. The largest absolute Gasteiger partial charge is 0.467 e. The summed E-state index contributed by atoms with van der Waals surface area (Å²) in [7, 11) is 0. The molecular weight excluding hydrogens is 254 g/mol. The Labute approximate surface area is 117 Å². The second kappa shape index (κ2) is 5.02. The molecule has 5 heteroatoms. The van der Waals surface area contributed by atoms with Crippen molar-refractivity contribution in [2.75, 3.05) is 16.8 Å². The van der Waals surface area contributed by atoms with Crippen LogP contribution in [-0.4, -0.2) is 12.5 Å². The van der Waals surface area contributed by atoms with Crippen LogP contribution in [0.2, 0.25) is 0 Å². The van der Waals surface area contributed by atoms with Gasteiger partial charge >= 0.3 is 0 Å². The van der Waals surface area contributed by atoms with Gasteiger partial charge in [0.25, 0.3) is 0 Å². The number of nitrogens with zero attached hydrogens (tertiary/aromatic N) is 1. The zero-order valence-corrected chi connectivity index (χ0v) is 11.3. The van der Waals surface area contributed by atoms with Crippen LogP contribution in [0.5, 0.6) is 0 Å². The van der Waals surface area contributed by atoms with Gasteiger partial charge in [-0.25, -0.2) is 0 Å². The fourth-order valence-corrected chi connectivity index (χ4v) is 2.45. The Hall–Kier alpha value is -2.27. The van der Waals surface area contributed by atoms with E-state index in [-0.39, 0.29) is 5.91 Å². The first-order chi connectivity index (χ1) is 9.69. The number of hydrogen-bond acceptors (Lipinski definition) is 4. The summed E-state index contributed by atoms with van der Waals surface area (Å²) in [5.41, 5.74) is 8.51. The lowest BCUT2D eigenvalue weighted by atomic mass is 10.1. The number of nitrogens with two attached hydrogens (primary N) is 1. The van der Waals surface area contributed by atoms with Gasteiger partial charge in [-0.3, -0.25) is 4.79 Å². The van der Waals surface area contributed by atoms with Crippen molar-refractivity contribution in [2.24, 2.45) is 5.73 Å². The molecule has 1 atom stereocenters. The molecule has 1 aromatic carbocycles. The van der Waals surface area contributed by atoms with Crippen molar-refractivity contribution < 1.29 is 9.21 Å². The van der Waals surface area contributed by atoms with E-state index in [1.54, 1.807) is 6.26 Å². The molecule has 1 aromatic heterocycles. The number of nitrogens with one attached hydrogen (secondary N) is 1. The number of hydrogen-bond donors (Lipinski definition) is 2. The van der Waals surface area contributed by atoms with Gasteiger partial charge in [0.1, 0.15) is 11.8 Å². The molecular formula is C15H17N3O2. The molecule has 1 unspecified atom stereocenters. The minimum atomic E-state index is -0.556. The van der Waals surface area contributed by atoms with E-state index in [0.717, 1.165) is 29.2 Å². The predicted molar refractivity (Wildman–Crippen MR) is 77.4 cm³/mol. The summed E-state index contributed by atoms with van der Waals surface area (Å²) in [5, 5.41) is 2.81. The van der Waals surface area contributed by atoms with E-state index in [2.05, 4.69) is 17.1 Å². The Morgan fingerprint density at radius 2 is 2.25 bits per heavy atom. The summed E-state index contributed by atoms with van der Waals surface area (Å²) in [6.07, 6.45) is 1.67. The van der Waals surface area contributed by atoms with Gasteiger partial charge in [-0.05, 0) is 31.2 Å². The van der Waals surface area contributed by atoms with E-state index in [4.69, 9.17) is 10.2 Å². The summed E-state index contributed by atoms with van der Waals surface area (Å²) < 4.78 is 5.38. The first-order valence-corrected chi connectivity index (χ1v) is 6.66. The Kier molecular flexibility index (Phi) is 3.20. The normalized spacial score (nSPS) is 16.9. The fourth-order valence-electron chi connectivity index (χ4n) is 2.45. The van der Waals surface area contributed by atoms with Gasteiger partial charge in [0.15, 0.2) is 0 Å². The highest BCUT2D eigenvalue weighted by atomic mass is 16.3. The standard InChI is InChI=1S/C15H17N3O2/c1-2-18(9-11-4-3-7-20-11)10-5-6-12-13(8-10)17-15(19)14(12)16/h3-8,14H,2,9,16H2,1H3,(H,17,19). The molecule has 1 aliphatic heterocycles. The number of benzene rings is 1. The van der Waals surface area contributed by atoms with Crippen LogP contribution in [-0.2, 0) is 11.3 Å². The summed E-state index contributed by atoms with van der Waals surface area (Å²) in [5.74, 6) is 0.763. The lowest BCUT2D eigenvalue weighted by Crippen LogP contribution is -2.21. The lowest BCUT2D eigenvalue weighted by Gasteiger charge is -2.22. The molecule has 0 fully saturated rings. The van der Waals surface area contributed by atoms with E-state index >= 15 is 0 Å². The van der Waals surface area contributed by atoms with Crippen LogP contribution in [0.3, 0.4) is 0 Å². The number of amides is 1. The number of furan rings is 1. The molecule has 0 aliphatic carbocycles. The number of carbonyl (C=O) groups excluding carboxylic acids is 1. The third-order valence-corrected chi connectivity index (χ3v) is 3.59. The van der Waals surface area contributed by atoms with Crippen LogP contribution in [0.25, 0.3) is 0 Å². The Morgan fingerprint density at radius 1 is 1.40 bits per heavy atom. The number of fused-ring (bicyclic) bond motifs is 1. The highest BCUT2D eigenvalue weighted by Gasteiger charge is 2.27. The summed E-state index contributed by atoms with van der Waals surface area (Å²) in [4.78, 5) is 13.7. The average molecular weight is 271 g/mol. The molecule has 0 bridgehead atoms. The van der Waals surface area contributed by atoms with Gasteiger partial charge in [0.2, 0.25) is 5.91 Å². The van der Waals surface area contributed by atoms with Gasteiger partial charge < -0.3 is 20.4 Å². The summed E-state index contributed by atoms with van der Waals surface area (Å²) in [6.45, 7) is 3.63. The zero-order valence-electron chi connectivity index (χ0n) is 11.3. The smallest absolute Gasteiger partial charge is 0.245 e. The molecule has 0 saturated heterocycles. The molecule has 3 rings (SSSR count). The maximum absolute atomic E-state index is 11.6. The van der Waals surface area contributed by atoms with Crippen molar-refractivity contribution in [3.63, 3.8) is 0 Å². The third kappa shape index (κ3) is 2.16. The van der Waals surface area contributed by atoms with Crippen molar-refractivity contribution >= 4 is 17.3 Å². The molecule has 0 radical (unpaired) electrons. The van der Waals surface area contributed by atoms with Crippen LogP contribution >= 0.6 is 0 Å². The van der Waals surface area contributed by atoms with E-state index in [1.165, 1.54) is 0 Å². The van der Waals surface area contributed by atoms with E-state index in [1.807, 2.05) is 30.3 Å². The monoisotopic (exact) mass is 271 g/mol. The van der Waals surface area contributed by atoms with Crippen molar-refractivity contribution in [3.8, 4) is 0 Å². The minimum absolute atomic E-state index is 0.147. The molecule has 0 saturated carbocycles. The maximum Gasteiger partial charge on any atom is 0.245 e. The molecule has 1 amide bonds. The van der Waals surface area contributed by atoms with Gasteiger partial charge in [-0.15, -0.1) is 0 Å². The van der Waals surface area contributed by atoms with E-state index in [9.17, 15) is 4.79 Å². The molecule has 2 heterocycles.